The van der Waals surface area contributed by atoms with E-state index in [0.717, 1.165) is 56.0 Å². The Bertz CT molecular complexity index is 507. The summed E-state index contributed by atoms with van der Waals surface area (Å²) in [4.78, 5) is 7.95. The minimum Gasteiger partial charge on any atom is -0.382 e. The van der Waals surface area contributed by atoms with Crippen molar-refractivity contribution in [2.24, 2.45) is 0 Å². The predicted octanol–water partition coefficient (Wildman–Crippen LogP) is 2.43. The Balaban J connectivity index is 1.72. The molecule has 0 saturated heterocycles. The lowest BCUT2D eigenvalue weighted by atomic mass is 10.2. The van der Waals surface area contributed by atoms with E-state index in [2.05, 4.69) is 40.4 Å². The summed E-state index contributed by atoms with van der Waals surface area (Å²) in [5, 5.41) is 3.41. The first-order chi connectivity index (χ1) is 9.29. The van der Waals surface area contributed by atoms with Gasteiger partial charge in [0, 0.05) is 26.2 Å². The van der Waals surface area contributed by atoms with Gasteiger partial charge in [0.15, 0.2) is 0 Å². The Morgan fingerprint density at radius 2 is 2.21 bits per heavy atom. The number of fused-ring (bicyclic) bond motifs is 1. The summed E-state index contributed by atoms with van der Waals surface area (Å²) in [6, 6.07) is 6.31. The molecule has 19 heavy (non-hydrogen) atoms. The van der Waals surface area contributed by atoms with Gasteiger partial charge in [0.05, 0.1) is 11.0 Å². The number of aromatic amines is 1. The molecule has 0 aliphatic carbocycles. The molecule has 4 nitrogen and oxygen atoms in total. The lowest BCUT2D eigenvalue weighted by Gasteiger charge is -2.03. The molecule has 0 unspecified atom stereocenters. The maximum atomic E-state index is 5.29. The van der Waals surface area contributed by atoms with Crippen LogP contribution in [-0.4, -0.2) is 36.3 Å². The predicted molar refractivity (Wildman–Crippen MR) is 78.5 cm³/mol. The first kappa shape index (κ1) is 14.0. The highest BCUT2D eigenvalue weighted by Gasteiger charge is 2.02. The zero-order valence-electron chi connectivity index (χ0n) is 11.8. The number of H-pyrrole nitrogens is 1. The molecule has 1 aromatic heterocycles. The summed E-state index contributed by atoms with van der Waals surface area (Å²) >= 11 is 0. The Kier molecular flexibility index (Phi) is 5.36. The van der Waals surface area contributed by atoms with E-state index in [1.165, 1.54) is 5.56 Å². The van der Waals surface area contributed by atoms with Gasteiger partial charge in [-0.2, -0.15) is 0 Å². The molecular weight excluding hydrogens is 238 g/mol. The third kappa shape index (κ3) is 4.33. The van der Waals surface area contributed by atoms with E-state index < -0.39 is 0 Å². The van der Waals surface area contributed by atoms with Crippen molar-refractivity contribution in [1.82, 2.24) is 15.3 Å². The van der Waals surface area contributed by atoms with Crippen molar-refractivity contribution in [2.45, 2.75) is 26.7 Å². The molecular formula is C15H23N3O. The van der Waals surface area contributed by atoms with Crippen LogP contribution in [-0.2, 0) is 11.2 Å². The Hall–Kier alpha value is -1.39. The van der Waals surface area contributed by atoms with E-state index in [-0.39, 0.29) is 0 Å². The quantitative estimate of drug-likeness (QED) is 0.718. The first-order valence-corrected chi connectivity index (χ1v) is 7.03. The molecule has 4 heteroatoms. The van der Waals surface area contributed by atoms with Gasteiger partial charge in [-0.05, 0) is 44.5 Å². The molecule has 1 heterocycles. The molecule has 0 fully saturated rings. The molecule has 0 aliphatic rings. The van der Waals surface area contributed by atoms with E-state index in [4.69, 9.17) is 4.74 Å². The van der Waals surface area contributed by atoms with Crippen LogP contribution in [0.5, 0.6) is 0 Å². The molecule has 0 aliphatic heterocycles. The minimum absolute atomic E-state index is 0.804. The number of hydrogen-bond acceptors (Lipinski definition) is 3. The SMILES string of the molecule is CCOCCCNCCc1nc2ccc(C)cc2[nH]1. The number of hydrogen-bond donors (Lipinski definition) is 2. The summed E-state index contributed by atoms with van der Waals surface area (Å²) < 4.78 is 5.29. The van der Waals surface area contributed by atoms with E-state index in [1.807, 2.05) is 6.92 Å². The van der Waals surface area contributed by atoms with Gasteiger partial charge in [-0.1, -0.05) is 6.07 Å². The largest absolute Gasteiger partial charge is 0.382 e. The smallest absolute Gasteiger partial charge is 0.108 e. The van der Waals surface area contributed by atoms with Crippen molar-refractivity contribution >= 4 is 11.0 Å². The monoisotopic (exact) mass is 261 g/mol. The number of rotatable bonds is 8. The molecule has 0 atom stereocenters. The normalized spacial score (nSPS) is 11.3. The van der Waals surface area contributed by atoms with Crippen LogP contribution in [0, 0.1) is 6.92 Å². The van der Waals surface area contributed by atoms with E-state index in [9.17, 15) is 0 Å². The summed E-state index contributed by atoms with van der Waals surface area (Å²) in [7, 11) is 0. The number of nitrogens with zero attached hydrogens (tertiary/aromatic N) is 1. The molecule has 104 valence electrons. The Morgan fingerprint density at radius 1 is 1.32 bits per heavy atom. The summed E-state index contributed by atoms with van der Waals surface area (Å²) in [6.45, 7) is 7.71. The molecule has 0 radical (unpaired) electrons. The van der Waals surface area contributed by atoms with E-state index >= 15 is 0 Å². The van der Waals surface area contributed by atoms with Crippen LogP contribution in [0.15, 0.2) is 18.2 Å². The number of ether oxygens (including phenoxy) is 1. The highest BCUT2D eigenvalue weighted by molar-refractivity contribution is 5.75. The number of aromatic nitrogens is 2. The van der Waals surface area contributed by atoms with Crippen LogP contribution in [0.25, 0.3) is 11.0 Å². The van der Waals surface area contributed by atoms with E-state index in [0.29, 0.717) is 0 Å². The standard InChI is InChI=1S/C15H23N3O/c1-3-19-10-4-8-16-9-7-15-17-13-6-5-12(2)11-14(13)18-15/h5-6,11,16H,3-4,7-10H2,1-2H3,(H,17,18). The average Bonchev–Trinajstić information content (AvgIpc) is 2.79. The number of nitrogens with one attached hydrogen (secondary N) is 2. The summed E-state index contributed by atoms with van der Waals surface area (Å²) in [5.74, 6) is 1.05. The van der Waals surface area contributed by atoms with Crippen LogP contribution in [0.2, 0.25) is 0 Å². The van der Waals surface area contributed by atoms with Gasteiger partial charge in [0.1, 0.15) is 5.82 Å². The topological polar surface area (TPSA) is 49.9 Å². The van der Waals surface area contributed by atoms with Gasteiger partial charge in [-0.25, -0.2) is 4.98 Å². The molecule has 2 aromatic rings. The van der Waals surface area contributed by atoms with Gasteiger partial charge >= 0.3 is 0 Å². The highest BCUT2D eigenvalue weighted by atomic mass is 16.5. The van der Waals surface area contributed by atoms with Gasteiger partial charge in [-0.3, -0.25) is 0 Å². The van der Waals surface area contributed by atoms with Crippen molar-refractivity contribution < 1.29 is 4.74 Å². The van der Waals surface area contributed by atoms with Gasteiger partial charge in [0.2, 0.25) is 0 Å². The fraction of sp³-hybridized carbons (Fsp3) is 0.533. The Morgan fingerprint density at radius 3 is 3.05 bits per heavy atom. The molecule has 0 spiro atoms. The van der Waals surface area contributed by atoms with Crippen molar-refractivity contribution in [1.29, 1.82) is 0 Å². The van der Waals surface area contributed by atoms with Crippen LogP contribution in [0.1, 0.15) is 24.7 Å². The minimum atomic E-state index is 0.804. The average molecular weight is 261 g/mol. The molecule has 2 rings (SSSR count). The van der Waals surface area contributed by atoms with Crippen molar-refractivity contribution in [3.8, 4) is 0 Å². The lowest BCUT2D eigenvalue weighted by molar-refractivity contribution is 0.145. The zero-order chi connectivity index (χ0) is 13.5. The van der Waals surface area contributed by atoms with Crippen molar-refractivity contribution in [3.05, 3.63) is 29.6 Å². The maximum absolute atomic E-state index is 5.29. The third-order valence-corrected chi connectivity index (χ3v) is 3.07. The van der Waals surface area contributed by atoms with Gasteiger partial charge < -0.3 is 15.0 Å². The van der Waals surface area contributed by atoms with Crippen LogP contribution < -0.4 is 5.32 Å². The second-order valence-electron chi connectivity index (χ2n) is 4.75. The van der Waals surface area contributed by atoms with Gasteiger partial charge in [0.25, 0.3) is 0 Å². The molecule has 0 amide bonds. The second-order valence-corrected chi connectivity index (χ2v) is 4.75. The van der Waals surface area contributed by atoms with Gasteiger partial charge in [-0.15, -0.1) is 0 Å². The fourth-order valence-corrected chi connectivity index (χ4v) is 2.07. The van der Waals surface area contributed by atoms with E-state index in [1.54, 1.807) is 0 Å². The second kappa shape index (κ2) is 7.26. The highest BCUT2D eigenvalue weighted by Crippen LogP contribution is 2.13. The van der Waals surface area contributed by atoms with Crippen molar-refractivity contribution in [2.75, 3.05) is 26.3 Å². The fourth-order valence-electron chi connectivity index (χ4n) is 2.07. The molecule has 2 N–H and O–H groups in total. The Labute approximate surface area is 114 Å². The third-order valence-electron chi connectivity index (χ3n) is 3.07. The van der Waals surface area contributed by atoms with Crippen LogP contribution in [0.4, 0.5) is 0 Å². The first-order valence-electron chi connectivity index (χ1n) is 7.03. The summed E-state index contributed by atoms with van der Waals surface area (Å²) in [6.07, 6.45) is 2.00. The number of benzene rings is 1. The van der Waals surface area contributed by atoms with Crippen LogP contribution >= 0.6 is 0 Å². The molecule has 0 bridgehead atoms. The molecule has 1 aromatic carbocycles. The zero-order valence-corrected chi connectivity index (χ0v) is 11.8. The number of imidazole rings is 1. The summed E-state index contributed by atoms with van der Waals surface area (Å²) in [5.41, 5.74) is 3.44. The van der Waals surface area contributed by atoms with Crippen LogP contribution in [0.3, 0.4) is 0 Å². The molecule has 0 saturated carbocycles. The maximum Gasteiger partial charge on any atom is 0.108 e. The van der Waals surface area contributed by atoms with Crippen molar-refractivity contribution in [3.63, 3.8) is 0 Å². The number of aryl methyl sites for hydroxylation is 1. The lowest BCUT2D eigenvalue weighted by Crippen LogP contribution is -2.20.